The summed E-state index contributed by atoms with van der Waals surface area (Å²) in [5, 5.41) is 16.7. The van der Waals surface area contributed by atoms with Gasteiger partial charge in [-0.15, -0.1) is 0 Å². The largest absolute Gasteiger partial charge is 0.480 e. The zero-order valence-corrected chi connectivity index (χ0v) is 22.7. The molecule has 19 heteroatoms. The number of nitrogens with one attached hydrogen (secondary N) is 3. The maximum Gasteiger partial charge on any atom is 0.326 e. The number of primary amides is 2. The Labute approximate surface area is 236 Å². The zero-order chi connectivity index (χ0) is 31.5. The van der Waals surface area contributed by atoms with Crippen LogP contribution in [-0.2, 0) is 28.8 Å². The predicted molar refractivity (Wildman–Crippen MR) is 148 cm³/mol. The molecule has 0 fully saturated rings. The van der Waals surface area contributed by atoms with Crippen molar-refractivity contribution in [3.05, 3.63) is 0 Å². The van der Waals surface area contributed by atoms with Crippen LogP contribution in [0, 0.1) is 0 Å². The Hall–Kier alpha value is -4.68. The highest BCUT2D eigenvalue weighted by Crippen LogP contribution is 2.06. The monoisotopic (exact) mass is 586 g/mol. The number of hydrogen-bond acceptors (Lipinski definition) is 9. The number of amides is 5. The molecule has 5 amide bonds. The molecule has 4 unspecified atom stereocenters. The third-order valence-corrected chi connectivity index (χ3v) is 5.49. The third kappa shape index (κ3) is 17.5. The quantitative estimate of drug-likeness (QED) is 0.0341. The number of nitrogens with two attached hydrogens (primary N) is 7. The molecule has 0 aromatic rings. The van der Waals surface area contributed by atoms with Crippen LogP contribution in [0.4, 0.5) is 0 Å². The summed E-state index contributed by atoms with van der Waals surface area (Å²) in [5.41, 5.74) is 37.2. The van der Waals surface area contributed by atoms with Crippen LogP contribution in [0.25, 0.3) is 0 Å². The molecule has 0 heterocycles. The Bertz CT molecular complexity index is 980. The second-order valence-corrected chi connectivity index (χ2v) is 9.04. The number of aliphatic imine (C=N–C) groups is 2. The van der Waals surface area contributed by atoms with E-state index in [4.69, 9.17) is 40.1 Å². The van der Waals surface area contributed by atoms with Crippen LogP contribution in [0.3, 0.4) is 0 Å². The highest BCUT2D eigenvalue weighted by Gasteiger charge is 2.30. The van der Waals surface area contributed by atoms with Crippen LogP contribution in [0.1, 0.15) is 51.4 Å². The Kier molecular flexibility index (Phi) is 17.2. The third-order valence-electron chi connectivity index (χ3n) is 5.49. The van der Waals surface area contributed by atoms with Gasteiger partial charge in [-0.1, -0.05) is 0 Å². The van der Waals surface area contributed by atoms with Crippen molar-refractivity contribution in [1.82, 2.24) is 16.0 Å². The maximum absolute atomic E-state index is 13.2. The lowest BCUT2D eigenvalue weighted by Crippen LogP contribution is -2.57. The second kappa shape index (κ2) is 19.4. The van der Waals surface area contributed by atoms with Gasteiger partial charge in [-0.3, -0.25) is 34.0 Å². The molecular formula is C22H42N12O7. The van der Waals surface area contributed by atoms with Crippen LogP contribution < -0.4 is 56.1 Å². The van der Waals surface area contributed by atoms with Crippen molar-refractivity contribution in [3.8, 4) is 0 Å². The second-order valence-electron chi connectivity index (χ2n) is 9.04. The molecule has 0 rings (SSSR count). The van der Waals surface area contributed by atoms with Gasteiger partial charge in [0.05, 0.1) is 6.04 Å². The van der Waals surface area contributed by atoms with Crippen molar-refractivity contribution in [2.24, 2.45) is 50.1 Å². The molecule has 232 valence electrons. The average molecular weight is 587 g/mol. The Morgan fingerprint density at radius 2 is 0.976 bits per heavy atom. The SMILES string of the molecule is NC(=O)CCC(N)C(=O)NC(CCCN=C(N)N)C(=O)NC(CCCN=C(N)N)C(=O)NC(CCC(N)=O)C(=O)O. The van der Waals surface area contributed by atoms with Gasteiger partial charge in [0, 0.05) is 25.9 Å². The first-order valence-electron chi connectivity index (χ1n) is 12.7. The average Bonchev–Trinajstić information content (AvgIpc) is 2.87. The molecule has 0 aliphatic heterocycles. The van der Waals surface area contributed by atoms with Gasteiger partial charge in [0.2, 0.25) is 29.5 Å². The van der Waals surface area contributed by atoms with Crippen LogP contribution in [-0.4, -0.2) is 89.8 Å². The lowest BCUT2D eigenvalue weighted by atomic mass is 10.0. The van der Waals surface area contributed by atoms with Gasteiger partial charge in [0.25, 0.3) is 0 Å². The van der Waals surface area contributed by atoms with Crippen LogP contribution in [0.15, 0.2) is 9.98 Å². The van der Waals surface area contributed by atoms with E-state index in [0.29, 0.717) is 0 Å². The number of hydrogen-bond donors (Lipinski definition) is 11. The highest BCUT2D eigenvalue weighted by atomic mass is 16.4. The molecule has 19 nitrogen and oxygen atoms in total. The molecule has 0 saturated carbocycles. The number of nitrogens with zero attached hydrogens (tertiary/aromatic N) is 2. The standard InChI is InChI=1S/C22H42N12O7/c23-11(5-7-15(24)35)17(37)32-12(3-1-9-30-21(26)27)18(38)33-13(4-2-10-31-22(28)29)19(39)34-14(20(40)41)6-8-16(25)36/h11-14H,1-10,23H2,(H2,24,35)(H2,25,36)(H,32,37)(H,33,38)(H,34,39)(H,40,41)(H4,26,27,30)(H4,28,29,31). The van der Waals surface area contributed by atoms with E-state index in [1.54, 1.807) is 0 Å². The number of guanidine groups is 2. The molecule has 0 radical (unpaired) electrons. The molecule has 0 aliphatic rings. The molecule has 4 atom stereocenters. The minimum absolute atomic E-state index is 0.0234. The van der Waals surface area contributed by atoms with Crippen LogP contribution in [0.2, 0.25) is 0 Å². The number of carbonyl (C=O) groups excluding carboxylic acids is 5. The molecule has 0 saturated heterocycles. The summed E-state index contributed by atoms with van der Waals surface area (Å²) in [6, 6.07) is -5.12. The smallest absolute Gasteiger partial charge is 0.326 e. The number of rotatable bonds is 21. The maximum atomic E-state index is 13.2. The van der Waals surface area contributed by atoms with Crippen molar-refractivity contribution in [2.45, 2.75) is 75.5 Å². The van der Waals surface area contributed by atoms with Gasteiger partial charge in [0.1, 0.15) is 18.1 Å². The lowest BCUT2D eigenvalue weighted by molar-refractivity contribution is -0.142. The van der Waals surface area contributed by atoms with Gasteiger partial charge >= 0.3 is 5.97 Å². The first-order valence-corrected chi connectivity index (χ1v) is 12.7. The molecular weight excluding hydrogens is 544 g/mol. The van der Waals surface area contributed by atoms with E-state index in [2.05, 4.69) is 25.9 Å². The zero-order valence-electron chi connectivity index (χ0n) is 22.7. The fraction of sp³-hybridized carbons (Fsp3) is 0.636. The van der Waals surface area contributed by atoms with Crippen molar-refractivity contribution >= 4 is 47.4 Å². The molecule has 18 N–H and O–H groups in total. The van der Waals surface area contributed by atoms with Gasteiger partial charge < -0.3 is 61.2 Å². The summed E-state index contributed by atoms with van der Waals surface area (Å²) < 4.78 is 0. The van der Waals surface area contributed by atoms with E-state index < -0.39 is 59.7 Å². The molecule has 0 spiro atoms. The first-order chi connectivity index (χ1) is 19.1. The molecule has 0 bridgehead atoms. The molecule has 0 aromatic carbocycles. The highest BCUT2D eigenvalue weighted by molar-refractivity contribution is 5.94. The minimum Gasteiger partial charge on any atom is -0.480 e. The molecule has 0 aliphatic carbocycles. The van der Waals surface area contributed by atoms with Crippen molar-refractivity contribution in [3.63, 3.8) is 0 Å². The Morgan fingerprint density at radius 1 is 0.585 bits per heavy atom. The van der Waals surface area contributed by atoms with E-state index in [9.17, 15) is 33.9 Å². The number of carboxylic acid groups (broad SMARTS) is 1. The van der Waals surface area contributed by atoms with Gasteiger partial charge in [-0.2, -0.15) is 0 Å². The van der Waals surface area contributed by atoms with Crippen molar-refractivity contribution < 1.29 is 33.9 Å². The summed E-state index contributed by atoms with van der Waals surface area (Å²) >= 11 is 0. The Balaban J connectivity index is 5.80. The summed E-state index contributed by atoms with van der Waals surface area (Å²) in [5.74, 6) is -5.63. The minimum atomic E-state index is -1.47. The van der Waals surface area contributed by atoms with Crippen LogP contribution in [0.5, 0.6) is 0 Å². The van der Waals surface area contributed by atoms with E-state index >= 15 is 0 Å². The Morgan fingerprint density at radius 3 is 1.37 bits per heavy atom. The summed E-state index contributed by atoms with van der Waals surface area (Å²) in [6.45, 7) is 0.220. The predicted octanol–water partition coefficient (Wildman–Crippen LogP) is -5.51. The summed E-state index contributed by atoms with van der Waals surface area (Å²) in [4.78, 5) is 80.2. The molecule has 41 heavy (non-hydrogen) atoms. The van der Waals surface area contributed by atoms with E-state index in [0.717, 1.165) is 0 Å². The van der Waals surface area contributed by atoms with Gasteiger partial charge in [-0.25, -0.2) is 4.79 Å². The normalized spacial score (nSPS) is 13.4. The fourth-order valence-electron chi connectivity index (χ4n) is 3.34. The number of carbonyl (C=O) groups is 6. The fourth-order valence-corrected chi connectivity index (χ4v) is 3.34. The van der Waals surface area contributed by atoms with Gasteiger partial charge in [-0.05, 0) is 38.5 Å². The summed E-state index contributed by atoms with van der Waals surface area (Å²) in [7, 11) is 0. The van der Waals surface area contributed by atoms with E-state index in [1.807, 2.05) is 0 Å². The summed E-state index contributed by atoms with van der Waals surface area (Å²) in [6.07, 6.45) is -0.373. The van der Waals surface area contributed by atoms with Gasteiger partial charge in [0.15, 0.2) is 11.9 Å². The lowest BCUT2D eigenvalue weighted by Gasteiger charge is -2.25. The number of aliphatic carboxylic acids is 1. The topological polar surface area (TPSA) is 366 Å². The van der Waals surface area contributed by atoms with E-state index in [-0.39, 0.29) is 76.4 Å². The number of carboxylic acids is 1. The van der Waals surface area contributed by atoms with Crippen LogP contribution >= 0.6 is 0 Å². The van der Waals surface area contributed by atoms with E-state index in [1.165, 1.54) is 0 Å². The first kappa shape index (κ1) is 36.3. The van der Waals surface area contributed by atoms with Crippen molar-refractivity contribution in [2.75, 3.05) is 13.1 Å². The van der Waals surface area contributed by atoms with Crippen molar-refractivity contribution in [1.29, 1.82) is 0 Å². The molecule has 0 aromatic heterocycles.